The van der Waals surface area contributed by atoms with Crippen LogP contribution in [0.1, 0.15) is 51.8 Å². The van der Waals surface area contributed by atoms with Crippen molar-refractivity contribution in [3.63, 3.8) is 0 Å². The van der Waals surface area contributed by atoms with Crippen molar-refractivity contribution in [2.75, 3.05) is 33.5 Å². The summed E-state index contributed by atoms with van der Waals surface area (Å²) in [5.74, 6) is -2.33. The average molecular weight is 533 g/mol. The first-order valence-electron chi connectivity index (χ1n) is 12.7. The first-order valence-corrected chi connectivity index (χ1v) is 12.7. The van der Waals surface area contributed by atoms with E-state index in [1.165, 1.54) is 0 Å². The zero-order chi connectivity index (χ0) is 27.3. The highest BCUT2D eigenvalue weighted by Crippen LogP contribution is 2.33. The summed E-state index contributed by atoms with van der Waals surface area (Å²) in [7, 11) is 1.56. The van der Waals surface area contributed by atoms with Crippen LogP contribution in [0.15, 0.2) is 30.6 Å². The number of urea groups is 1. The number of carbonyl (C=O) groups is 1. The molecule has 1 aliphatic heterocycles. The summed E-state index contributed by atoms with van der Waals surface area (Å²) in [4.78, 5) is 24.2. The molecule has 0 saturated heterocycles. The Morgan fingerprint density at radius 1 is 1.29 bits per heavy atom. The lowest BCUT2D eigenvalue weighted by Gasteiger charge is -2.30. The lowest BCUT2D eigenvalue weighted by molar-refractivity contribution is 0.00398. The van der Waals surface area contributed by atoms with Crippen LogP contribution >= 0.6 is 0 Å². The van der Waals surface area contributed by atoms with Gasteiger partial charge in [-0.15, -0.1) is 0 Å². The van der Waals surface area contributed by atoms with Gasteiger partial charge < -0.3 is 24.4 Å². The Bertz CT molecular complexity index is 1250. The predicted octanol–water partition coefficient (Wildman–Crippen LogP) is 4.50. The summed E-state index contributed by atoms with van der Waals surface area (Å²) in [5.41, 5.74) is 2.70. The second-order valence-electron chi connectivity index (χ2n) is 9.40. The second-order valence-corrected chi connectivity index (χ2v) is 9.40. The van der Waals surface area contributed by atoms with Crippen LogP contribution < -0.4 is 14.8 Å². The summed E-state index contributed by atoms with van der Waals surface area (Å²) in [6.45, 7) is 5.70. The fourth-order valence-electron chi connectivity index (χ4n) is 4.37. The molecule has 12 heteroatoms. The highest BCUT2D eigenvalue weighted by molar-refractivity contribution is 5.75. The maximum absolute atomic E-state index is 13.6. The first kappa shape index (κ1) is 27.5. The van der Waals surface area contributed by atoms with E-state index in [1.807, 2.05) is 32.0 Å². The topological polar surface area (TPSA) is 103 Å². The summed E-state index contributed by atoms with van der Waals surface area (Å²) < 4.78 is 46.1. The number of fused-ring (bicyclic) bond motifs is 7. The van der Waals surface area contributed by atoms with Crippen LogP contribution in [-0.4, -0.2) is 76.0 Å². The number of pyridine rings is 1. The van der Waals surface area contributed by atoms with E-state index in [0.29, 0.717) is 54.9 Å². The predicted molar refractivity (Wildman–Crippen MR) is 137 cm³/mol. The fourth-order valence-corrected chi connectivity index (χ4v) is 4.37. The molecule has 4 rings (SSSR count). The van der Waals surface area contributed by atoms with Crippen molar-refractivity contribution in [1.29, 1.82) is 0 Å². The van der Waals surface area contributed by atoms with E-state index in [0.717, 1.165) is 12.4 Å². The van der Waals surface area contributed by atoms with E-state index in [4.69, 9.17) is 19.2 Å². The van der Waals surface area contributed by atoms with Crippen molar-refractivity contribution in [2.24, 2.45) is 0 Å². The van der Waals surface area contributed by atoms with Crippen LogP contribution in [0.2, 0.25) is 0 Å². The third kappa shape index (κ3) is 6.47. The Hall–Kier alpha value is -3.54. The maximum Gasteiger partial charge on any atom is 0.318 e. The van der Waals surface area contributed by atoms with Crippen LogP contribution in [0.3, 0.4) is 0 Å². The van der Waals surface area contributed by atoms with Gasteiger partial charge in [0, 0.05) is 31.6 Å². The molecular weight excluding hydrogens is 498 g/mol. The molecule has 3 aromatic rings. The Morgan fingerprint density at radius 3 is 2.84 bits per heavy atom. The van der Waals surface area contributed by atoms with Crippen molar-refractivity contribution in [2.45, 2.75) is 58.0 Å². The molecule has 1 aliphatic rings. The lowest BCUT2D eigenvalue weighted by Crippen LogP contribution is -2.47. The third-order valence-corrected chi connectivity index (χ3v) is 6.48. The van der Waals surface area contributed by atoms with Crippen LogP contribution in [0.4, 0.5) is 13.6 Å². The molecule has 0 spiro atoms. The highest BCUT2D eigenvalue weighted by Gasteiger charge is 2.28. The molecular formula is C26H34F2N6O4. The van der Waals surface area contributed by atoms with Crippen molar-refractivity contribution >= 4 is 11.5 Å². The molecule has 2 atom stereocenters. The number of rotatable bonds is 5. The number of hydrogen-bond donors (Lipinski definition) is 1. The number of amides is 2. The fraction of sp³-hybridized carbons (Fsp3) is 0.538. The van der Waals surface area contributed by atoms with Gasteiger partial charge in [-0.1, -0.05) is 0 Å². The number of nitrogens with zero attached hydrogens (tertiary/aromatic N) is 5. The number of alkyl halides is 2. The van der Waals surface area contributed by atoms with Gasteiger partial charge in [0.05, 0.1) is 61.7 Å². The average Bonchev–Trinajstić information content (AvgIpc) is 3.37. The van der Waals surface area contributed by atoms with Gasteiger partial charge in [-0.3, -0.25) is 4.98 Å². The van der Waals surface area contributed by atoms with Crippen molar-refractivity contribution in [3.8, 4) is 23.0 Å². The number of methoxy groups -OCH3 is 1. The maximum atomic E-state index is 13.6. The standard InChI is InChI=1S/C26H34F2N6O4/c1-5-33-17(2)21-14-20(23(36-4)15-29-21)22-13-19-8-10-30-34(19)25(32-22)38-12-6-11-37-16-18(31-24(33)35)7-9-26(3,27)28/h8,10,13-15,17-18H,5-7,9,11-12,16H2,1-4H3,(H,31,35)/t17-,18+/m1/s1. The molecule has 38 heavy (non-hydrogen) atoms. The summed E-state index contributed by atoms with van der Waals surface area (Å²) in [5, 5.41) is 7.20. The summed E-state index contributed by atoms with van der Waals surface area (Å²) in [6.07, 6.45) is 3.51. The smallest absolute Gasteiger partial charge is 0.318 e. The molecule has 2 amide bonds. The molecule has 0 radical (unpaired) electrons. The van der Waals surface area contributed by atoms with Gasteiger partial charge in [0.1, 0.15) is 5.75 Å². The molecule has 0 fully saturated rings. The molecule has 0 aliphatic carbocycles. The Kier molecular flexibility index (Phi) is 8.60. The van der Waals surface area contributed by atoms with Gasteiger partial charge in [-0.2, -0.15) is 14.6 Å². The lowest BCUT2D eigenvalue weighted by atomic mass is 10.1. The van der Waals surface area contributed by atoms with Crippen molar-refractivity contribution < 1.29 is 27.8 Å². The molecule has 4 bridgehead atoms. The second kappa shape index (κ2) is 11.9. The van der Waals surface area contributed by atoms with Gasteiger partial charge in [0.2, 0.25) is 5.92 Å². The van der Waals surface area contributed by atoms with Gasteiger partial charge in [-0.25, -0.2) is 13.6 Å². The zero-order valence-corrected chi connectivity index (χ0v) is 22.1. The zero-order valence-electron chi connectivity index (χ0n) is 22.1. The number of aromatic nitrogens is 4. The Morgan fingerprint density at radius 2 is 2.11 bits per heavy atom. The quantitative estimate of drug-likeness (QED) is 0.516. The summed E-state index contributed by atoms with van der Waals surface area (Å²) in [6, 6.07) is 4.51. The van der Waals surface area contributed by atoms with Gasteiger partial charge in [0.25, 0.3) is 0 Å². The highest BCUT2D eigenvalue weighted by atomic mass is 19.3. The Balaban J connectivity index is 1.72. The van der Waals surface area contributed by atoms with Crippen LogP contribution in [0.25, 0.3) is 16.8 Å². The number of carbonyl (C=O) groups excluding carboxylic acids is 1. The third-order valence-electron chi connectivity index (χ3n) is 6.48. The van der Waals surface area contributed by atoms with E-state index in [1.54, 1.807) is 28.9 Å². The number of nitrogens with one attached hydrogen (secondary N) is 1. The minimum absolute atomic E-state index is 0.0790. The van der Waals surface area contributed by atoms with Crippen molar-refractivity contribution in [1.82, 2.24) is 29.8 Å². The van der Waals surface area contributed by atoms with E-state index < -0.39 is 18.0 Å². The minimum Gasteiger partial charge on any atom is -0.494 e. The van der Waals surface area contributed by atoms with E-state index in [2.05, 4.69) is 15.4 Å². The normalized spacial score (nSPS) is 19.5. The SMILES string of the molecule is CCN1C(=O)N[C@@H](CCC(C)(F)F)COCCCOc2nc(cc3ccnn23)-c2cc(ncc2OC)[C@H]1C. The number of halogens is 2. The van der Waals surface area contributed by atoms with Crippen molar-refractivity contribution in [3.05, 3.63) is 36.3 Å². The Labute approximate surface area is 220 Å². The van der Waals surface area contributed by atoms with Crippen LogP contribution in [-0.2, 0) is 4.74 Å². The van der Waals surface area contributed by atoms with Crippen LogP contribution in [0, 0.1) is 0 Å². The summed E-state index contributed by atoms with van der Waals surface area (Å²) >= 11 is 0. The molecule has 1 N–H and O–H groups in total. The number of ether oxygens (including phenoxy) is 3. The van der Waals surface area contributed by atoms with E-state index >= 15 is 0 Å². The molecule has 3 aromatic heterocycles. The van der Waals surface area contributed by atoms with E-state index in [9.17, 15) is 13.6 Å². The van der Waals surface area contributed by atoms with E-state index in [-0.39, 0.29) is 25.5 Å². The van der Waals surface area contributed by atoms with Gasteiger partial charge in [0.15, 0.2) is 0 Å². The number of hydrogen-bond acceptors (Lipinski definition) is 7. The van der Waals surface area contributed by atoms with Crippen LogP contribution in [0.5, 0.6) is 11.8 Å². The van der Waals surface area contributed by atoms with Gasteiger partial charge in [-0.05, 0) is 45.4 Å². The molecule has 4 heterocycles. The molecule has 0 aromatic carbocycles. The van der Waals surface area contributed by atoms with Gasteiger partial charge >= 0.3 is 12.0 Å². The monoisotopic (exact) mass is 532 g/mol. The minimum atomic E-state index is -2.84. The molecule has 0 unspecified atom stereocenters. The molecule has 10 nitrogen and oxygen atoms in total. The molecule has 0 saturated carbocycles. The largest absolute Gasteiger partial charge is 0.494 e. The first-order chi connectivity index (χ1) is 18.2. The molecule has 206 valence electrons.